The molecule has 1 aromatic heterocycles. The van der Waals surface area contributed by atoms with Gasteiger partial charge in [-0.05, 0) is 43.4 Å². The van der Waals surface area contributed by atoms with Gasteiger partial charge in [0, 0.05) is 12.6 Å². The van der Waals surface area contributed by atoms with E-state index in [2.05, 4.69) is 10.3 Å². The van der Waals surface area contributed by atoms with Crippen molar-refractivity contribution in [3.05, 3.63) is 24.0 Å². The lowest BCUT2D eigenvalue weighted by Crippen LogP contribution is -2.36. The molecule has 1 saturated carbocycles. The van der Waals surface area contributed by atoms with E-state index in [1.54, 1.807) is 12.4 Å². The van der Waals surface area contributed by atoms with Crippen LogP contribution in [0.5, 0.6) is 0 Å². The largest absolute Gasteiger partial charge is 0.330 e. The van der Waals surface area contributed by atoms with Gasteiger partial charge in [0.2, 0.25) is 5.91 Å². The van der Waals surface area contributed by atoms with Crippen molar-refractivity contribution in [3.63, 3.8) is 0 Å². The third-order valence-electron chi connectivity index (χ3n) is 4.04. The summed E-state index contributed by atoms with van der Waals surface area (Å²) in [6, 6.07) is 1.93. The van der Waals surface area contributed by atoms with Crippen LogP contribution in [0, 0.1) is 12.3 Å². The van der Waals surface area contributed by atoms with Crippen LogP contribution >= 0.6 is 24.8 Å². The monoisotopic (exact) mass is 333 g/mol. The van der Waals surface area contributed by atoms with Crippen LogP contribution in [-0.2, 0) is 4.79 Å². The summed E-state index contributed by atoms with van der Waals surface area (Å²) in [7, 11) is 0. The zero-order chi connectivity index (χ0) is 13.7. The average Bonchev–Trinajstić information content (AvgIpc) is 2.39. The van der Waals surface area contributed by atoms with E-state index in [0.29, 0.717) is 13.0 Å². The number of hydrogen-bond acceptors (Lipinski definition) is 3. The van der Waals surface area contributed by atoms with Crippen LogP contribution in [0.15, 0.2) is 18.5 Å². The summed E-state index contributed by atoms with van der Waals surface area (Å²) in [5, 5.41) is 2.93. The summed E-state index contributed by atoms with van der Waals surface area (Å²) >= 11 is 0. The van der Waals surface area contributed by atoms with Gasteiger partial charge in [-0.3, -0.25) is 9.78 Å². The molecule has 21 heavy (non-hydrogen) atoms. The van der Waals surface area contributed by atoms with Gasteiger partial charge in [0.05, 0.1) is 11.9 Å². The van der Waals surface area contributed by atoms with Crippen LogP contribution in [0.25, 0.3) is 0 Å². The topological polar surface area (TPSA) is 68.0 Å². The molecular weight excluding hydrogens is 309 g/mol. The quantitative estimate of drug-likeness (QED) is 0.886. The number of hydrogen-bond donors (Lipinski definition) is 2. The number of aryl methyl sites for hydroxylation is 1. The van der Waals surface area contributed by atoms with E-state index in [4.69, 9.17) is 5.73 Å². The summed E-state index contributed by atoms with van der Waals surface area (Å²) in [5.41, 5.74) is 7.74. The Kier molecular flexibility index (Phi) is 8.86. The van der Waals surface area contributed by atoms with E-state index >= 15 is 0 Å². The van der Waals surface area contributed by atoms with Crippen LogP contribution in [0.1, 0.15) is 44.1 Å². The maximum Gasteiger partial charge on any atom is 0.225 e. The minimum atomic E-state index is 0. The molecule has 2 rings (SSSR count). The summed E-state index contributed by atoms with van der Waals surface area (Å²) in [4.78, 5) is 16.2. The standard InChI is InChI=1S/C15H23N3O.2ClH/c1-12-7-13(10-17-9-12)18-14(19)8-15(11-16)5-3-2-4-6-15;;/h7,9-10H,2-6,8,11,16H2,1H3,(H,18,19);2*1H. The Hall–Kier alpha value is -0.840. The van der Waals surface area contributed by atoms with E-state index in [1.807, 2.05) is 13.0 Å². The Morgan fingerprint density at radius 3 is 2.52 bits per heavy atom. The van der Waals surface area contributed by atoms with Crippen LogP contribution in [-0.4, -0.2) is 17.4 Å². The molecule has 0 aromatic carbocycles. The van der Waals surface area contributed by atoms with Crippen molar-refractivity contribution in [3.8, 4) is 0 Å². The fourth-order valence-corrected chi connectivity index (χ4v) is 2.92. The predicted octanol–water partition coefficient (Wildman–Crippen LogP) is 3.47. The lowest BCUT2D eigenvalue weighted by Gasteiger charge is -2.35. The molecule has 0 aliphatic heterocycles. The summed E-state index contributed by atoms with van der Waals surface area (Å²) in [6.45, 7) is 2.57. The van der Waals surface area contributed by atoms with E-state index in [1.165, 1.54) is 19.3 Å². The molecule has 1 amide bonds. The van der Waals surface area contributed by atoms with Crippen LogP contribution in [0.3, 0.4) is 0 Å². The number of aromatic nitrogens is 1. The van der Waals surface area contributed by atoms with E-state index in [0.717, 1.165) is 24.1 Å². The first-order valence-electron chi connectivity index (χ1n) is 7.05. The number of halogens is 2. The highest BCUT2D eigenvalue weighted by atomic mass is 35.5. The molecule has 0 bridgehead atoms. The Morgan fingerprint density at radius 2 is 1.95 bits per heavy atom. The minimum Gasteiger partial charge on any atom is -0.330 e. The normalized spacial score (nSPS) is 16.3. The maximum atomic E-state index is 12.2. The van der Waals surface area contributed by atoms with Crippen molar-refractivity contribution < 1.29 is 4.79 Å². The molecule has 1 fully saturated rings. The van der Waals surface area contributed by atoms with Crippen molar-refractivity contribution in [1.29, 1.82) is 0 Å². The van der Waals surface area contributed by atoms with Crippen molar-refractivity contribution in [2.75, 3.05) is 11.9 Å². The average molecular weight is 334 g/mol. The molecule has 0 saturated heterocycles. The maximum absolute atomic E-state index is 12.2. The summed E-state index contributed by atoms with van der Waals surface area (Å²) in [5.74, 6) is 0.0553. The zero-order valence-electron chi connectivity index (χ0n) is 12.4. The molecule has 1 heterocycles. The highest BCUT2D eigenvalue weighted by Crippen LogP contribution is 2.38. The number of carbonyl (C=O) groups excluding carboxylic acids is 1. The second-order valence-electron chi connectivity index (χ2n) is 5.74. The number of nitrogens with one attached hydrogen (secondary N) is 1. The van der Waals surface area contributed by atoms with Crippen molar-refractivity contribution in [1.82, 2.24) is 4.98 Å². The number of nitrogens with zero attached hydrogens (tertiary/aromatic N) is 1. The van der Waals surface area contributed by atoms with Gasteiger partial charge in [-0.15, -0.1) is 24.8 Å². The van der Waals surface area contributed by atoms with Crippen LogP contribution in [0.4, 0.5) is 5.69 Å². The van der Waals surface area contributed by atoms with Gasteiger partial charge in [0.15, 0.2) is 0 Å². The fourth-order valence-electron chi connectivity index (χ4n) is 2.92. The summed E-state index contributed by atoms with van der Waals surface area (Å²) in [6.07, 6.45) is 9.78. The van der Waals surface area contributed by atoms with Crippen molar-refractivity contribution in [2.45, 2.75) is 45.4 Å². The van der Waals surface area contributed by atoms with Gasteiger partial charge in [0.25, 0.3) is 0 Å². The van der Waals surface area contributed by atoms with E-state index < -0.39 is 0 Å². The molecule has 1 aromatic rings. The third-order valence-corrected chi connectivity index (χ3v) is 4.04. The van der Waals surface area contributed by atoms with Crippen molar-refractivity contribution in [2.24, 2.45) is 11.1 Å². The fraction of sp³-hybridized carbons (Fsp3) is 0.600. The Morgan fingerprint density at radius 1 is 1.29 bits per heavy atom. The summed E-state index contributed by atoms with van der Waals surface area (Å²) < 4.78 is 0. The van der Waals surface area contributed by atoms with Gasteiger partial charge in [-0.2, -0.15) is 0 Å². The molecule has 120 valence electrons. The lowest BCUT2D eigenvalue weighted by atomic mass is 9.71. The number of rotatable bonds is 4. The third kappa shape index (κ3) is 5.81. The lowest BCUT2D eigenvalue weighted by molar-refractivity contribution is -0.118. The van der Waals surface area contributed by atoms with Gasteiger partial charge in [0.1, 0.15) is 0 Å². The Bertz CT molecular complexity index is 448. The number of pyridine rings is 1. The van der Waals surface area contributed by atoms with Gasteiger partial charge in [-0.25, -0.2) is 0 Å². The number of anilines is 1. The molecule has 0 unspecified atom stereocenters. The number of amides is 1. The van der Waals surface area contributed by atoms with Gasteiger partial charge >= 0.3 is 0 Å². The number of carbonyl (C=O) groups is 1. The first-order chi connectivity index (χ1) is 9.13. The van der Waals surface area contributed by atoms with Gasteiger partial charge in [-0.1, -0.05) is 19.3 Å². The number of nitrogens with two attached hydrogens (primary N) is 1. The molecular formula is C15H25Cl2N3O. The molecule has 6 heteroatoms. The van der Waals surface area contributed by atoms with Gasteiger partial charge < -0.3 is 11.1 Å². The SMILES string of the molecule is Cc1cncc(NC(=O)CC2(CN)CCCCC2)c1.Cl.Cl. The highest BCUT2D eigenvalue weighted by molar-refractivity contribution is 5.91. The molecule has 4 nitrogen and oxygen atoms in total. The van der Waals surface area contributed by atoms with Crippen LogP contribution in [0.2, 0.25) is 0 Å². The first kappa shape index (κ1) is 20.2. The minimum absolute atomic E-state index is 0. The smallest absolute Gasteiger partial charge is 0.225 e. The molecule has 0 radical (unpaired) electrons. The van der Waals surface area contributed by atoms with E-state index in [9.17, 15) is 4.79 Å². The Balaban J connectivity index is 0.00000200. The second kappa shape index (κ2) is 9.23. The predicted molar refractivity (Wildman–Crippen MR) is 91.3 cm³/mol. The second-order valence-corrected chi connectivity index (χ2v) is 5.74. The van der Waals surface area contributed by atoms with Crippen molar-refractivity contribution >= 4 is 36.4 Å². The molecule has 0 spiro atoms. The molecule has 1 aliphatic rings. The van der Waals surface area contributed by atoms with E-state index in [-0.39, 0.29) is 36.1 Å². The molecule has 3 N–H and O–H groups in total. The Labute approximate surface area is 139 Å². The highest BCUT2D eigenvalue weighted by Gasteiger charge is 2.32. The van der Waals surface area contributed by atoms with Crippen LogP contribution < -0.4 is 11.1 Å². The first-order valence-corrected chi connectivity index (χ1v) is 7.05. The molecule has 0 atom stereocenters. The molecule has 1 aliphatic carbocycles. The zero-order valence-corrected chi connectivity index (χ0v) is 14.1.